The van der Waals surface area contributed by atoms with Crippen LogP contribution in [0, 0.1) is 5.92 Å². The van der Waals surface area contributed by atoms with Crippen molar-refractivity contribution in [3.63, 3.8) is 0 Å². The minimum absolute atomic E-state index is 0. The van der Waals surface area contributed by atoms with Gasteiger partial charge < -0.3 is 20.4 Å². The number of hydrogen-bond donors (Lipinski definition) is 5. The van der Waals surface area contributed by atoms with E-state index in [9.17, 15) is 24.2 Å². The molecule has 1 aliphatic heterocycles. The predicted molar refractivity (Wildman–Crippen MR) is 134 cm³/mol. The second-order valence-electron chi connectivity index (χ2n) is 10.3. The van der Waals surface area contributed by atoms with E-state index in [4.69, 9.17) is 13.7 Å². The molecule has 0 bridgehead atoms. The second kappa shape index (κ2) is 11.1. The Morgan fingerprint density at radius 2 is 2.00 bits per heavy atom. The summed E-state index contributed by atoms with van der Waals surface area (Å²) in [5.74, 6) is -0.742. The van der Waals surface area contributed by atoms with Crippen LogP contribution in [0.2, 0.25) is 18.1 Å². The number of anilines is 1. The van der Waals surface area contributed by atoms with E-state index in [-0.39, 0.29) is 40.1 Å². The van der Waals surface area contributed by atoms with Crippen LogP contribution < -0.4 is 17.0 Å². The van der Waals surface area contributed by atoms with E-state index in [1.54, 1.807) is 13.8 Å². The highest BCUT2D eigenvalue weighted by Crippen LogP contribution is 2.44. The van der Waals surface area contributed by atoms with Gasteiger partial charge in [0.25, 0.3) is 5.56 Å². The highest BCUT2D eigenvalue weighted by atomic mass is 31.1. The van der Waals surface area contributed by atoms with Crippen molar-refractivity contribution in [3.05, 3.63) is 16.7 Å². The Bertz CT molecular complexity index is 1160. The number of H-pyrrole nitrogens is 1. The molecule has 14 nitrogen and oxygen atoms in total. The maximum atomic E-state index is 12.6. The molecule has 3 heterocycles. The fourth-order valence-electron chi connectivity index (χ4n) is 3.39. The van der Waals surface area contributed by atoms with Gasteiger partial charge in [-0.2, -0.15) is 4.98 Å². The van der Waals surface area contributed by atoms with E-state index >= 15 is 0 Å². The van der Waals surface area contributed by atoms with Gasteiger partial charge in [-0.3, -0.25) is 24.5 Å². The number of aromatic nitrogens is 4. The quantitative estimate of drug-likeness (QED) is 0.238. The van der Waals surface area contributed by atoms with Crippen LogP contribution in [0.5, 0.6) is 0 Å². The van der Waals surface area contributed by atoms with Gasteiger partial charge in [0.05, 0.1) is 12.9 Å². The molecule has 0 radical (unpaired) electrons. The summed E-state index contributed by atoms with van der Waals surface area (Å²) in [7, 11) is -5.51. The van der Waals surface area contributed by atoms with E-state index < -0.39 is 53.3 Å². The number of nitrogens with zero attached hydrogens (tertiary/aromatic N) is 3. The summed E-state index contributed by atoms with van der Waals surface area (Å²) in [6.07, 6.45) is -2.64. The Kier molecular flexibility index (Phi) is 9.29. The first kappa shape index (κ1) is 30.1. The third-order valence-electron chi connectivity index (χ3n) is 6.39. The van der Waals surface area contributed by atoms with Crippen LogP contribution in [0.25, 0.3) is 11.2 Å². The number of ether oxygens (including phenoxy) is 1. The van der Waals surface area contributed by atoms with Crippen LogP contribution in [0.1, 0.15) is 40.8 Å². The molecule has 0 aliphatic carbocycles. The third-order valence-corrected chi connectivity index (χ3v) is 11.3. The van der Waals surface area contributed by atoms with Gasteiger partial charge in [-0.25, -0.2) is 4.98 Å². The molecule has 7 N–H and O–H groups in total. The number of hydrogen-bond acceptors (Lipinski definition) is 10. The number of imidazole rings is 1. The van der Waals surface area contributed by atoms with Crippen molar-refractivity contribution in [3.8, 4) is 0 Å². The molecular weight excluding hydrogens is 511 g/mol. The van der Waals surface area contributed by atoms with Gasteiger partial charge in [0.15, 0.2) is 31.8 Å². The monoisotopic (exact) mass is 547 g/mol. The molecule has 0 saturated carbocycles. The van der Waals surface area contributed by atoms with Gasteiger partial charge in [-0.1, -0.05) is 34.6 Å². The fraction of sp³-hybridized carbons (Fsp3) is 0.700. The zero-order valence-electron chi connectivity index (χ0n) is 21.5. The lowest BCUT2D eigenvalue weighted by molar-refractivity contribution is -0.118. The van der Waals surface area contributed by atoms with Crippen molar-refractivity contribution in [2.45, 2.75) is 77.3 Å². The highest BCUT2D eigenvalue weighted by Gasteiger charge is 2.54. The summed E-state index contributed by atoms with van der Waals surface area (Å²) in [6, 6.07) is 0. The average Bonchev–Trinajstić information content (AvgIpc) is 3.28. The molecule has 36 heavy (non-hydrogen) atoms. The third kappa shape index (κ3) is 6.06. The van der Waals surface area contributed by atoms with E-state index in [0.29, 0.717) is 0 Å². The molecule has 5 atom stereocenters. The summed E-state index contributed by atoms with van der Waals surface area (Å²) in [4.78, 5) is 45.2. The van der Waals surface area contributed by atoms with Crippen molar-refractivity contribution in [1.82, 2.24) is 25.7 Å². The molecule has 1 aliphatic rings. The minimum atomic E-state index is -3.03. The summed E-state index contributed by atoms with van der Waals surface area (Å²) in [5, 5.41) is 12.3. The molecular formula is C20H36N6O8PSi+. The molecule has 2 aromatic heterocycles. The summed E-state index contributed by atoms with van der Waals surface area (Å²) < 4.78 is 30.9. The Hall–Kier alpha value is -2.10. The first-order valence-corrected chi connectivity index (χ1v) is 15.2. The average molecular weight is 548 g/mol. The van der Waals surface area contributed by atoms with Crippen molar-refractivity contribution < 1.29 is 33.0 Å². The largest absolute Gasteiger partial charge is 0.695 e. The molecule has 0 aromatic carbocycles. The molecule has 202 valence electrons. The maximum Gasteiger partial charge on any atom is 0.695 e. The number of aliphatic hydroxyl groups excluding tert-OH is 1. The van der Waals surface area contributed by atoms with Crippen LogP contribution in [-0.4, -0.2) is 68.7 Å². The molecule has 1 saturated heterocycles. The van der Waals surface area contributed by atoms with Gasteiger partial charge >= 0.3 is 8.25 Å². The van der Waals surface area contributed by atoms with Gasteiger partial charge in [0, 0.05) is 10.5 Å². The number of amides is 1. The van der Waals surface area contributed by atoms with Crippen LogP contribution in [0.15, 0.2) is 11.1 Å². The molecule has 0 spiro atoms. The number of rotatable bonds is 8. The van der Waals surface area contributed by atoms with Crippen LogP contribution >= 0.6 is 8.25 Å². The maximum absolute atomic E-state index is 12.6. The normalized spacial score (nSPS) is 23.1. The lowest BCUT2D eigenvalue weighted by Gasteiger charge is -2.40. The van der Waals surface area contributed by atoms with Crippen molar-refractivity contribution in [1.29, 1.82) is 0 Å². The van der Waals surface area contributed by atoms with Gasteiger partial charge in [0.2, 0.25) is 11.9 Å². The minimum Gasteiger partial charge on any atom is -0.406 e. The molecule has 1 fully saturated rings. The SMILES string of the molecule is CC(C)C(=O)Nc1nc2c(ncn2[C@@H]2O[C@H](CO)[C@@H](O[P+](=O)O)[C@H]2O[Si](C)(C)C(C)(C)C)c(=O)[nH]1.N. The lowest BCUT2D eigenvalue weighted by atomic mass is 10.1. The summed E-state index contributed by atoms with van der Waals surface area (Å²) >= 11 is 0. The number of carbonyl (C=O) groups is 1. The highest BCUT2D eigenvalue weighted by molar-refractivity contribution is 7.32. The molecule has 3 rings (SSSR count). The Labute approximate surface area is 210 Å². The van der Waals surface area contributed by atoms with Gasteiger partial charge in [0.1, 0.15) is 12.2 Å². The topological polar surface area (TPSA) is 213 Å². The molecule has 1 amide bonds. The van der Waals surface area contributed by atoms with E-state index in [1.807, 2.05) is 33.9 Å². The Balaban J connectivity index is 0.00000456. The number of carbonyl (C=O) groups excluding carboxylic acids is 1. The summed E-state index contributed by atoms with van der Waals surface area (Å²) in [5.41, 5.74) is -0.467. The van der Waals surface area contributed by atoms with Crippen LogP contribution in [0.4, 0.5) is 5.95 Å². The first-order chi connectivity index (χ1) is 16.2. The second-order valence-corrected chi connectivity index (χ2v) is 15.7. The van der Waals surface area contributed by atoms with E-state index in [0.717, 1.165) is 0 Å². The smallest absolute Gasteiger partial charge is 0.406 e. The number of fused-ring (bicyclic) bond motifs is 1. The standard InChI is InChI=1S/C20H32N5O8PSi.H3N/c1-10(2)16(27)23-19-22-15-12(17(28)24-19)21-9-25(15)18-14(33-35(6,7)20(3,4)5)13(32-34(29)30)11(8-26)31-18;/h9-11,13-14,18,26H,8H2,1-7H3,(H2-,22,23,24,27,28,29,30);1H3/p+1/t11-,13-,14-,18-;/m1./s1. The molecule has 16 heteroatoms. The Morgan fingerprint density at radius 3 is 2.53 bits per heavy atom. The van der Waals surface area contributed by atoms with Gasteiger partial charge in [-0.05, 0) is 18.1 Å². The molecule has 2 aromatic rings. The predicted octanol–water partition coefficient (Wildman–Crippen LogP) is 2.19. The zero-order valence-corrected chi connectivity index (χ0v) is 23.4. The van der Waals surface area contributed by atoms with E-state index in [1.165, 1.54) is 10.9 Å². The van der Waals surface area contributed by atoms with Crippen LogP contribution in [-0.2, 0) is 23.0 Å². The summed E-state index contributed by atoms with van der Waals surface area (Å²) in [6.45, 7) is 13.0. The zero-order chi connectivity index (χ0) is 26.3. The van der Waals surface area contributed by atoms with Crippen molar-refractivity contribution >= 4 is 39.6 Å². The van der Waals surface area contributed by atoms with Gasteiger partial charge in [-0.15, -0.1) is 9.42 Å². The Morgan fingerprint density at radius 1 is 1.36 bits per heavy atom. The van der Waals surface area contributed by atoms with Crippen LogP contribution in [0.3, 0.4) is 0 Å². The lowest BCUT2D eigenvalue weighted by Crippen LogP contribution is -2.49. The number of nitrogens with one attached hydrogen (secondary N) is 2. The fourth-order valence-corrected chi connectivity index (χ4v) is 5.13. The van der Waals surface area contributed by atoms with E-state index in [2.05, 4.69) is 20.3 Å². The van der Waals surface area contributed by atoms with Crippen molar-refractivity contribution in [2.75, 3.05) is 11.9 Å². The van der Waals surface area contributed by atoms with Crippen molar-refractivity contribution in [2.24, 2.45) is 5.92 Å². The number of aromatic amines is 1. The number of aliphatic hydroxyl groups is 1. The first-order valence-electron chi connectivity index (χ1n) is 11.2. The molecule has 1 unspecified atom stereocenters.